The van der Waals surface area contributed by atoms with E-state index in [1.54, 1.807) is 0 Å². The zero-order chi connectivity index (χ0) is 12.7. The number of amides is 2. The number of carbonyl (C=O) groups is 1. The Morgan fingerprint density at radius 1 is 1.35 bits per heavy atom. The van der Waals surface area contributed by atoms with Crippen LogP contribution in [0.4, 0.5) is 4.79 Å². The van der Waals surface area contributed by atoms with Crippen molar-refractivity contribution in [2.45, 2.75) is 46.1 Å². The zero-order valence-electron chi connectivity index (χ0n) is 11.5. The molecule has 2 amide bonds. The molecule has 1 saturated heterocycles. The summed E-state index contributed by atoms with van der Waals surface area (Å²) >= 11 is 0. The molecule has 0 unspecified atom stereocenters. The van der Waals surface area contributed by atoms with E-state index in [-0.39, 0.29) is 6.03 Å². The Morgan fingerprint density at radius 2 is 2.00 bits per heavy atom. The molecular formula is C13H27N3O. The van der Waals surface area contributed by atoms with E-state index in [2.05, 4.69) is 29.4 Å². The summed E-state index contributed by atoms with van der Waals surface area (Å²) in [6.07, 6.45) is 3.43. The van der Waals surface area contributed by atoms with E-state index in [1.165, 1.54) is 13.0 Å². The lowest BCUT2D eigenvalue weighted by Crippen LogP contribution is -2.48. The number of urea groups is 1. The predicted molar refractivity (Wildman–Crippen MR) is 71.1 cm³/mol. The molecule has 0 radical (unpaired) electrons. The lowest BCUT2D eigenvalue weighted by atomic mass is 10.0. The third-order valence-corrected chi connectivity index (χ3v) is 3.28. The van der Waals surface area contributed by atoms with Crippen LogP contribution < -0.4 is 10.6 Å². The number of nitrogens with one attached hydrogen (secondary N) is 2. The van der Waals surface area contributed by atoms with Crippen LogP contribution in [0.1, 0.15) is 40.0 Å². The van der Waals surface area contributed by atoms with E-state index in [1.807, 2.05) is 6.92 Å². The highest BCUT2D eigenvalue weighted by Crippen LogP contribution is 2.12. The van der Waals surface area contributed by atoms with Crippen molar-refractivity contribution in [3.63, 3.8) is 0 Å². The fourth-order valence-electron chi connectivity index (χ4n) is 2.14. The third kappa shape index (κ3) is 5.91. The summed E-state index contributed by atoms with van der Waals surface area (Å²) in [7, 11) is 0. The molecular weight excluding hydrogens is 214 g/mol. The van der Waals surface area contributed by atoms with E-state index < -0.39 is 0 Å². The molecule has 100 valence electrons. The van der Waals surface area contributed by atoms with Crippen molar-refractivity contribution >= 4 is 6.03 Å². The molecule has 4 heteroatoms. The van der Waals surface area contributed by atoms with Crippen molar-refractivity contribution in [2.75, 3.05) is 26.2 Å². The Bertz CT molecular complexity index is 223. The smallest absolute Gasteiger partial charge is 0.314 e. The van der Waals surface area contributed by atoms with Gasteiger partial charge in [0.15, 0.2) is 0 Å². The van der Waals surface area contributed by atoms with Gasteiger partial charge in [-0.05, 0) is 38.6 Å². The maximum Gasteiger partial charge on any atom is 0.314 e. The molecule has 1 rings (SSSR count). The normalized spacial score (nSPS) is 18.4. The fourth-order valence-corrected chi connectivity index (χ4v) is 2.14. The Kier molecular flexibility index (Phi) is 6.34. The molecule has 0 atom stereocenters. The largest absolute Gasteiger partial charge is 0.338 e. The summed E-state index contributed by atoms with van der Waals surface area (Å²) in [6, 6.07) is 0.338. The lowest BCUT2D eigenvalue weighted by Gasteiger charge is -2.32. The molecule has 0 aromatic heterocycles. The van der Waals surface area contributed by atoms with Gasteiger partial charge in [0.25, 0.3) is 0 Å². The Hall–Kier alpha value is -0.770. The predicted octanol–water partition coefficient (Wildman–Crippen LogP) is 1.82. The van der Waals surface area contributed by atoms with Gasteiger partial charge in [0, 0.05) is 25.7 Å². The van der Waals surface area contributed by atoms with E-state index in [9.17, 15) is 4.79 Å². The van der Waals surface area contributed by atoms with Crippen LogP contribution in [-0.4, -0.2) is 43.2 Å². The number of hydrogen-bond donors (Lipinski definition) is 2. The minimum atomic E-state index is -0.0202. The van der Waals surface area contributed by atoms with Gasteiger partial charge in [-0.1, -0.05) is 13.8 Å². The van der Waals surface area contributed by atoms with Gasteiger partial charge in [-0.25, -0.2) is 4.79 Å². The average Bonchev–Trinajstić information content (AvgIpc) is 2.28. The molecule has 1 fully saturated rings. The van der Waals surface area contributed by atoms with Gasteiger partial charge in [0.1, 0.15) is 0 Å². The summed E-state index contributed by atoms with van der Waals surface area (Å²) in [5.41, 5.74) is 0. The van der Waals surface area contributed by atoms with Crippen LogP contribution in [0.2, 0.25) is 0 Å². The van der Waals surface area contributed by atoms with Crippen LogP contribution in [-0.2, 0) is 0 Å². The standard InChI is InChI=1S/C13H27N3O/c1-4-14-13(17)15-12-6-9-16(10-7-12)8-5-11(2)3/h11-12H,4-10H2,1-3H3,(H2,14,15,17). The highest BCUT2D eigenvalue weighted by Gasteiger charge is 2.20. The number of carbonyl (C=O) groups excluding carboxylic acids is 1. The fraction of sp³-hybridized carbons (Fsp3) is 0.923. The summed E-state index contributed by atoms with van der Waals surface area (Å²) in [4.78, 5) is 13.9. The highest BCUT2D eigenvalue weighted by molar-refractivity contribution is 5.74. The molecule has 0 spiro atoms. The van der Waals surface area contributed by atoms with E-state index in [4.69, 9.17) is 0 Å². The van der Waals surface area contributed by atoms with Gasteiger partial charge in [0.05, 0.1) is 0 Å². The van der Waals surface area contributed by atoms with Crippen LogP contribution in [0.15, 0.2) is 0 Å². The molecule has 0 aromatic rings. The van der Waals surface area contributed by atoms with Crippen molar-refractivity contribution in [3.05, 3.63) is 0 Å². The summed E-state index contributed by atoms with van der Waals surface area (Å²) in [5, 5.41) is 5.81. The second-order valence-electron chi connectivity index (χ2n) is 5.30. The Morgan fingerprint density at radius 3 is 2.53 bits per heavy atom. The average molecular weight is 241 g/mol. The van der Waals surface area contributed by atoms with E-state index in [0.29, 0.717) is 12.6 Å². The van der Waals surface area contributed by atoms with Crippen LogP contribution in [0, 0.1) is 5.92 Å². The first-order chi connectivity index (χ1) is 8.11. The second-order valence-corrected chi connectivity index (χ2v) is 5.30. The van der Waals surface area contributed by atoms with E-state index >= 15 is 0 Å². The van der Waals surface area contributed by atoms with Crippen molar-refractivity contribution in [3.8, 4) is 0 Å². The van der Waals surface area contributed by atoms with Gasteiger partial charge < -0.3 is 15.5 Å². The summed E-state index contributed by atoms with van der Waals surface area (Å²) in [5.74, 6) is 0.779. The van der Waals surface area contributed by atoms with Gasteiger partial charge in [-0.15, -0.1) is 0 Å². The molecule has 1 aliphatic rings. The van der Waals surface area contributed by atoms with Crippen molar-refractivity contribution in [2.24, 2.45) is 5.92 Å². The van der Waals surface area contributed by atoms with Crippen LogP contribution in [0.5, 0.6) is 0 Å². The second kappa shape index (κ2) is 7.54. The zero-order valence-corrected chi connectivity index (χ0v) is 11.5. The Labute approximate surface area is 105 Å². The van der Waals surface area contributed by atoms with E-state index in [0.717, 1.165) is 31.8 Å². The minimum Gasteiger partial charge on any atom is -0.338 e. The first-order valence-electron chi connectivity index (χ1n) is 6.88. The molecule has 4 nitrogen and oxygen atoms in total. The molecule has 0 aromatic carbocycles. The number of nitrogens with zero attached hydrogens (tertiary/aromatic N) is 1. The maximum atomic E-state index is 11.4. The quantitative estimate of drug-likeness (QED) is 0.771. The first-order valence-corrected chi connectivity index (χ1v) is 6.88. The maximum absolute atomic E-state index is 11.4. The monoisotopic (exact) mass is 241 g/mol. The molecule has 1 heterocycles. The van der Waals surface area contributed by atoms with Gasteiger partial charge in [-0.3, -0.25) is 0 Å². The van der Waals surface area contributed by atoms with Gasteiger partial charge in [-0.2, -0.15) is 0 Å². The SMILES string of the molecule is CCNC(=O)NC1CCN(CCC(C)C)CC1. The first kappa shape index (κ1) is 14.3. The third-order valence-electron chi connectivity index (χ3n) is 3.28. The summed E-state index contributed by atoms with van der Waals surface area (Å²) in [6.45, 7) is 10.6. The molecule has 0 aliphatic carbocycles. The van der Waals surface area contributed by atoms with Crippen molar-refractivity contribution in [1.82, 2.24) is 15.5 Å². The number of hydrogen-bond acceptors (Lipinski definition) is 2. The Balaban J connectivity index is 2.15. The van der Waals surface area contributed by atoms with Crippen molar-refractivity contribution < 1.29 is 4.79 Å². The molecule has 17 heavy (non-hydrogen) atoms. The van der Waals surface area contributed by atoms with Crippen LogP contribution >= 0.6 is 0 Å². The molecule has 0 saturated carbocycles. The van der Waals surface area contributed by atoms with Crippen molar-refractivity contribution in [1.29, 1.82) is 0 Å². The highest BCUT2D eigenvalue weighted by atomic mass is 16.2. The van der Waals surface area contributed by atoms with Crippen LogP contribution in [0.25, 0.3) is 0 Å². The number of likely N-dealkylation sites (tertiary alicyclic amines) is 1. The van der Waals surface area contributed by atoms with Gasteiger partial charge >= 0.3 is 6.03 Å². The van der Waals surface area contributed by atoms with Gasteiger partial charge in [0.2, 0.25) is 0 Å². The topological polar surface area (TPSA) is 44.4 Å². The van der Waals surface area contributed by atoms with Crippen LogP contribution in [0.3, 0.4) is 0 Å². The minimum absolute atomic E-state index is 0.0202. The molecule has 2 N–H and O–H groups in total. The lowest BCUT2D eigenvalue weighted by molar-refractivity contribution is 0.186. The molecule has 1 aliphatic heterocycles. The number of rotatable bonds is 5. The number of piperidine rings is 1. The molecule has 0 bridgehead atoms. The summed E-state index contributed by atoms with van der Waals surface area (Å²) < 4.78 is 0.